The van der Waals surface area contributed by atoms with Gasteiger partial charge in [0.2, 0.25) is 0 Å². The van der Waals surface area contributed by atoms with Gasteiger partial charge in [-0.1, -0.05) is 48.5 Å². The number of benzene rings is 2. The molecule has 0 unspecified atom stereocenters. The monoisotopic (exact) mass is 494 g/mol. The van der Waals surface area contributed by atoms with E-state index in [1.165, 1.54) is 44.8 Å². The van der Waals surface area contributed by atoms with Crippen molar-refractivity contribution in [3.63, 3.8) is 0 Å². The summed E-state index contributed by atoms with van der Waals surface area (Å²) in [5, 5.41) is 7.19. The Morgan fingerprint density at radius 2 is 1.31 bits per heavy atom. The Balaban J connectivity index is 1.28. The quantitative estimate of drug-likeness (QED) is 0.232. The molecular formula is C31H30N2O2S. The van der Waals surface area contributed by atoms with Crippen molar-refractivity contribution < 1.29 is 8.83 Å². The molecule has 4 nitrogen and oxygen atoms in total. The molecule has 2 aromatic carbocycles. The van der Waals surface area contributed by atoms with E-state index >= 15 is 0 Å². The molecule has 4 heterocycles. The third-order valence-electron chi connectivity index (χ3n) is 7.03. The third kappa shape index (κ3) is 5.09. The highest BCUT2D eigenvalue weighted by molar-refractivity contribution is 7.16. The number of thiophene rings is 1. The van der Waals surface area contributed by atoms with Crippen molar-refractivity contribution in [2.45, 2.75) is 19.4 Å². The van der Waals surface area contributed by atoms with E-state index in [-0.39, 0.29) is 0 Å². The van der Waals surface area contributed by atoms with E-state index in [1.54, 1.807) is 25.1 Å². The SMILES string of the molecule is c1cc(-c2ccc(-c3cc(CNCC4CCNCC4)sc3-c3ccc(-c4ccoc4)cc3)cc2)co1. The van der Waals surface area contributed by atoms with Crippen LogP contribution in [0.2, 0.25) is 0 Å². The standard InChI is InChI=1S/C31H30N2O2S/c1-5-25(6-2-23(1)27-11-15-34-20-27)30-17-29(19-33-18-22-9-13-32-14-10-22)36-31(30)26-7-3-24(4-8-26)28-12-16-35-21-28/h1-8,11-12,15-17,20-22,32-33H,9-10,13-14,18-19H2. The normalized spacial score (nSPS) is 14.3. The average molecular weight is 495 g/mol. The summed E-state index contributed by atoms with van der Waals surface area (Å²) in [5.41, 5.74) is 8.29. The smallest absolute Gasteiger partial charge is 0.0980 e. The zero-order chi connectivity index (χ0) is 24.2. The van der Waals surface area contributed by atoms with E-state index in [9.17, 15) is 0 Å². The predicted molar refractivity (Wildman–Crippen MR) is 148 cm³/mol. The van der Waals surface area contributed by atoms with Gasteiger partial charge < -0.3 is 19.5 Å². The molecule has 5 aromatic rings. The molecule has 6 rings (SSSR count). The largest absolute Gasteiger partial charge is 0.472 e. The van der Waals surface area contributed by atoms with Crippen LogP contribution in [0.15, 0.2) is 101 Å². The lowest BCUT2D eigenvalue weighted by Gasteiger charge is -2.22. The number of nitrogens with one attached hydrogen (secondary N) is 2. The number of hydrogen-bond acceptors (Lipinski definition) is 5. The van der Waals surface area contributed by atoms with Crippen molar-refractivity contribution in [2.75, 3.05) is 19.6 Å². The summed E-state index contributed by atoms with van der Waals surface area (Å²) in [7, 11) is 0. The first-order valence-electron chi connectivity index (χ1n) is 12.6. The number of rotatable bonds is 8. The lowest BCUT2D eigenvalue weighted by molar-refractivity contribution is 0.357. The van der Waals surface area contributed by atoms with Crippen molar-refractivity contribution in [1.29, 1.82) is 0 Å². The van der Waals surface area contributed by atoms with E-state index < -0.39 is 0 Å². The minimum absolute atomic E-state index is 0.774. The van der Waals surface area contributed by atoms with Crippen molar-refractivity contribution in [1.82, 2.24) is 10.6 Å². The molecule has 1 aliphatic heterocycles. The van der Waals surface area contributed by atoms with Crippen LogP contribution in [0.4, 0.5) is 0 Å². The van der Waals surface area contributed by atoms with Crippen LogP contribution in [0.5, 0.6) is 0 Å². The van der Waals surface area contributed by atoms with E-state index in [0.717, 1.165) is 48.8 Å². The predicted octanol–water partition coefficient (Wildman–Crippen LogP) is 7.69. The first-order chi connectivity index (χ1) is 17.8. The number of furan rings is 2. The summed E-state index contributed by atoms with van der Waals surface area (Å²) < 4.78 is 10.5. The lowest BCUT2D eigenvalue weighted by atomic mass is 9.98. The molecule has 5 heteroatoms. The maximum absolute atomic E-state index is 5.27. The van der Waals surface area contributed by atoms with Crippen LogP contribution in [-0.4, -0.2) is 19.6 Å². The molecule has 0 atom stereocenters. The summed E-state index contributed by atoms with van der Waals surface area (Å²) in [5.74, 6) is 0.774. The molecule has 0 radical (unpaired) electrons. The first kappa shape index (κ1) is 23.0. The molecule has 0 aliphatic carbocycles. The molecule has 1 saturated heterocycles. The summed E-state index contributed by atoms with van der Waals surface area (Å²) in [6, 6.07) is 24.0. The molecular weight excluding hydrogens is 464 g/mol. The Hall–Kier alpha value is -3.38. The minimum Gasteiger partial charge on any atom is -0.472 e. The number of piperidine rings is 1. The highest BCUT2D eigenvalue weighted by Gasteiger charge is 2.16. The van der Waals surface area contributed by atoms with Crippen molar-refractivity contribution >= 4 is 11.3 Å². The highest BCUT2D eigenvalue weighted by Crippen LogP contribution is 2.40. The van der Waals surface area contributed by atoms with Gasteiger partial charge in [0.15, 0.2) is 0 Å². The highest BCUT2D eigenvalue weighted by atomic mass is 32.1. The van der Waals surface area contributed by atoms with Gasteiger partial charge in [0.05, 0.1) is 25.1 Å². The van der Waals surface area contributed by atoms with Crippen molar-refractivity contribution in [2.24, 2.45) is 5.92 Å². The summed E-state index contributed by atoms with van der Waals surface area (Å²) >= 11 is 1.89. The molecule has 3 aromatic heterocycles. The lowest BCUT2D eigenvalue weighted by Crippen LogP contribution is -2.33. The Morgan fingerprint density at radius 1 is 0.722 bits per heavy atom. The van der Waals surface area contributed by atoms with E-state index in [2.05, 4.69) is 65.2 Å². The van der Waals surface area contributed by atoms with Gasteiger partial charge in [0.25, 0.3) is 0 Å². The summed E-state index contributed by atoms with van der Waals surface area (Å²) in [6.45, 7) is 4.28. The minimum atomic E-state index is 0.774. The second kappa shape index (κ2) is 10.7. The maximum Gasteiger partial charge on any atom is 0.0980 e. The van der Waals surface area contributed by atoms with Crippen molar-refractivity contribution in [3.8, 4) is 43.8 Å². The molecule has 36 heavy (non-hydrogen) atoms. The van der Waals surface area contributed by atoms with Crippen LogP contribution in [0, 0.1) is 5.92 Å². The number of hydrogen-bond donors (Lipinski definition) is 2. The Labute approximate surface area is 216 Å². The van der Waals surface area contributed by atoms with Gasteiger partial charge in [-0.3, -0.25) is 0 Å². The second-order valence-electron chi connectivity index (χ2n) is 9.46. The van der Waals surface area contributed by atoms with Crippen molar-refractivity contribution in [3.05, 3.63) is 96.7 Å². The maximum atomic E-state index is 5.27. The summed E-state index contributed by atoms with van der Waals surface area (Å²) in [6.07, 6.45) is 9.55. The van der Waals surface area contributed by atoms with Crippen LogP contribution in [0.25, 0.3) is 43.8 Å². The van der Waals surface area contributed by atoms with Crippen LogP contribution in [-0.2, 0) is 6.54 Å². The fraction of sp³-hybridized carbons (Fsp3) is 0.226. The molecule has 1 fully saturated rings. The van der Waals surface area contributed by atoms with Gasteiger partial charge in [-0.05, 0) is 78.8 Å². The average Bonchev–Trinajstić information content (AvgIpc) is 3.72. The van der Waals surface area contributed by atoms with Crippen LogP contribution in [0.3, 0.4) is 0 Å². The molecule has 0 bridgehead atoms. The molecule has 0 amide bonds. The third-order valence-corrected chi connectivity index (χ3v) is 8.21. The van der Waals surface area contributed by atoms with Gasteiger partial charge in [-0.15, -0.1) is 11.3 Å². The van der Waals surface area contributed by atoms with E-state index in [4.69, 9.17) is 8.83 Å². The fourth-order valence-corrected chi connectivity index (χ4v) is 6.11. The molecule has 0 saturated carbocycles. The van der Waals surface area contributed by atoms with Gasteiger partial charge in [0, 0.05) is 33.0 Å². The molecule has 1 aliphatic rings. The zero-order valence-electron chi connectivity index (χ0n) is 20.2. The molecule has 182 valence electrons. The fourth-order valence-electron chi connectivity index (χ4n) is 4.96. The Morgan fingerprint density at radius 3 is 1.89 bits per heavy atom. The first-order valence-corrected chi connectivity index (χ1v) is 13.5. The van der Waals surface area contributed by atoms with E-state index in [0.29, 0.717) is 0 Å². The van der Waals surface area contributed by atoms with Gasteiger partial charge in [-0.2, -0.15) is 0 Å². The Kier molecular flexibility index (Phi) is 6.85. The zero-order valence-corrected chi connectivity index (χ0v) is 21.0. The van der Waals surface area contributed by atoms with Crippen LogP contribution in [0.1, 0.15) is 17.7 Å². The summed E-state index contributed by atoms with van der Waals surface area (Å²) in [4.78, 5) is 2.68. The molecule has 2 N–H and O–H groups in total. The van der Waals surface area contributed by atoms with Gasteiger partial charge >= 0.3 is 0 Å². The second-order valence-corrected chi connectivity index (χ2v) is 10.6. The van der Waals surface area contributed by atoms with E-state index in [1.807, 2.05) is 23.5 Å². The van der Waals surface area contributed by atoms with Gasteiger partial charge in [-0.25, -0.2) is 0 Å². The Bertz CT molecular complexity index is 1270. The topological polar surface area (TPSA) is 50.3 Å². The molecule has 0 spiro atoms. The van der Waals surface area contributed by atoms with Gasteiger partial charge in [0.1, 0.15) is 0 Å². The van der Waals surface area contributed by atoms with Crippen LogP contribution < -0.4 is 10.6 Å². The van der Waals surface area contributed by atoms with Crippen LogP contribution >= 0.6 is 11.3 Å².